The molecule has 3 saturated heterocycles. The predicted octanol–water partition coefficient (Wildman–Crippen LogP) is 0.954. The highest BCUT2D eigenvalue weighted by molar-refractivity contribution is 7.88. The van der Waals surface area contributed by atoms with Gasteiger partial charge in [-0.15, -0.1) is 0 Å². The molecule has 1 aromatic heterocycles. The Morgan fingerprint density at radius 3 is 2.83 bits per heavy atom. The average Bonchev–Trinajstić information content (AvgIpc) is 3.33. The average molecular weight is 422 g/mol. The number of aromatic nitrogens is 2. The topological polar surface area (TPSA) is 87.7 Å². The molecule has 1 aromatic rings. The van der Waals surface area contributed by atoms with E-state index >= 15 is 0 Å². The van der Waals surface area contributed by atoms with Gasteiger partial charge in [-0.05, 0) is 38.5 Å². The number of fused-ring (bicyclic) bond motifs is 2. The molecular weight excluding hydrogens is 390 g/mol. The van der Waals surface area contributed by atoms with Crippen molar-refractivity contribution in [3.8, 4) is 0 Å². The third-order valence-electron chi connectivity index (χ3n) is 7.21. The van der Waals surface area contributed by atoms with Gasteiger partial charge in [0.05, 0.1) is 23.7 Å². The molecule has 1 spiro atoms. The Balaban J connectivity index is 1.45. The van der Waals surface area contributed by atoms with Crippen molar-refractivity contribution < 1.29 is 13.2 Å². The zero-order chi connectivity index (χ0) is 20.4. The van der Waals surface area contributed by atoms with Gasteiger partial charge in [-0.3, -0.25) is 0 Å². The molecule has 5 rings (SSSR count). The van der Waals surface area contributed by atoms with Crippen LogP contribution >= 0.6 is 0 Å². The maximum Gasteiger partial charge on any atom is 0.227 e. The number of hydrogen-bond donors (Lipinski definition) is 1. The summed E-state index contributed by atoms with van der Waals surface area (Å²) < 4.78 is 32.5. The number of aryl methyl sites for hydroxylation is 1. The number of nitrogens with one attached hydrogen (secondary N) is 1. The molecule has 4 heterocycles. The van der Waals surface area contributed by atoms with Gasteiger partial charge in [-0.1, -0.05) is 0 Å². The molecule has 29 heavy (non-hydrogen) atoms. The first-order valence-electron chi connectivity index (χ1n) is 10.7. The summed E-state index contributed by atoms with van der Waals surface area (Å²) in [6.07, 6.45) is 7.91. The largest absolute Gasteiger partial charge is 0.369 e. The lowest BCUT2D eigenvalue weighted by molar-refractivity contribution is 0.0142. The van der Waals surface area contributed by atoms with Crippen molar-refractivity contribution in [1.29, 1.82) is 0 Å². The summed E-state index contributed by atoms with van der Waals surface area (Å²) in [5.41, 5.74) is 2.35. The summed E-state index contributed by atoms with van der Waals surface area (Å²) in [6.45, 7) is 2.19. The first-order valence-corrected chi connectivity index (χ1v) is 12.6. The number of sulfonamides is 1. The van der Waals surface area contributed by atoms with Gasteiger partial charge in [0.1, 0.15) is 5.82 Å². The fraction of sp³-hybridized carbons (Fsp3) is 0.800. The van der Waals surface area contributed by atoms with Crippen LogP contribution in [-0.2, 0) is 27.6 Å². The van der Waals surface area contributed by atoms with E-state index in [1.54, 1.807) is 0 Å². The fourth-order valence-corrected chi connectivity index (χ4v) is 6.39. The van der Waals surface area contributed by atoms with Gasteiger partial charge < -0.3 is 14.5 Å². The highest BCUT2D eigenvalue weighted by atomic mass is 32.2. The molecule has 1 aliphatic carbocycles. The molecule has 0 unspecified atom stereocenters. The number of nitrogens with zero attached hydrogens (tertiary/aromatic N) is 4. The van der Waals surface area contributed by atoms with Gasteiger partial charge in [0.2, 0.25) is 16.0 Å². The van der Waals surface area contributed by atoms with Crippen LogP contribution in [0.4, 0.5) is 11.8 Å². The molecule has 4 aliphatic rings. The number of anilines is 2. The molecule has 2 bridgehead atoms. The van der Waals surface area contributed by atoms with Crippen LogP contribution in [0, 0.1) is 11.8 Å². The molecule has 3 fully saturated rings. The van der Waals surface area contributed by atoms with E-state index in [2.05, 4.69) is 9.62 Å². The Morgan fingerprint density at radius 1 is 1.28 bits per heavy atom. The van der Waals surface area contributed by atoms with Gasteiger partial charge >= 0.3 is 0 Å². The third kappa shape index (κ3) is 3.31. The van der Waals surface area contributed by atoms with Crippen molar-refractivity contribution in [1.82, 2.24) is 14.7 Å². The smallest absolute Gasteiger partial charge is 0.227 e. The van der Waals surface area contributed by atoms with Crippen LogP contribution in [0.25, 0.3) is 0 Å². The second kappa shape index (κ2) is 6.78. The SMILES string of the molecule is CN(C)c1nc2c(c(N3C[C@@H]4[C@H](CNS(C)(=O)=O)[C@H]5CC[C@]4(C3)O5)n1)CCCC2. The maximum absolute atomic E-state index is 11.6. The minimum absolute atomic E-state index is 0.153. The zero-order valence-corrected chi connectivity index (χ0v) is 18.3. The van der Waals surface area contributed by atoms with Crippen LogP contribution in [-0.4, -0.2) is 70.1 Å². The van der Waals surface area contributed by atoms with Gasteiger partial charge in [0.25, 0.3) is 0 Å². The number of rotatable bonds is 5. The molecule has 9 heteroatoms. The molecule has 0 aromatic carbocycles. The van der Waals surface area contributed by atoms with E-state index in [-0.39, 0.29) is 17.6 Å². The standard InChI is InChI=1S/C20H31N5O3S/c1-24(2)19-22-16-7-5-4-6-13(16)18(23-19)25-11-15-14(10-21-29(3,26)27)17-8-9-20(15,12-25)28-17/h14-15,17,21H,4-12H2,1-3H3/t14-,15+,17+,20+/m0/s1. The van der Waals surface area contributed by atoms with E-state index in [0.29, 0.717) is 12.5 Å². The second-order valence-electron chi connectivity index (χ2n) is 9.41. The van der Waals surface area contributed by atoms with E-state index in [4.69, 9.17) is 14.7 Å². The summed E-state index contributed by atoms with van der Waals surface area (Å²) in [5.74, 6) is 2.42. The number of ether oxygens (including phenoxy) is 1. The van der Waals surface area contributed by atoms with Crippen LogP contribution in [0.3, 0.4) is 0 Å². The van der Waals surface area contributed by atoms with Crippen LogP contribution in [0.5, 0.6) is 0 Å². The monoisotopic (exact) mass is 421 g/mol. The van der Waals surface area contributed by atoms with E-state index in [0.717, 1.165) is 50.5 Å². The normalized spacial score (nSPS) is 33.1. The van der Waals surface area contributed by atoms with Gasteiger partial charge in [0.15, 0.2) is 0 Å². The molecule has 3 aliphatic heterocycles. The number of hydrogen-bond acceptors (Lipinski definition) is 7. The Hall–Kier alpha value is -1.45. The highest BCUT2D eigenvalue weighted by Gasteiger charge is 2.63. The van der Waals surface area contributed by atoms with E-state index in [9.17, 15) is 8.42 Å². The Morgan fingerprint density at radius 2 is 2.07 bits per heavy atom. The molecule has 0 amide bonds. The second-order valence-corrected chi connectivity index (χ2v) is 11.2. The maximum atomic E-state index is 11.6. The van der Waals surface area contributed by atoms with Crippen molar-refractivity contribution in [2.75, 3.05) is 49.8 Å². The summed E-state index contributed by atoms with van der Waals surface area (Å²) in [4.78, 5) is 14.2. The molecule has 8 nitrogen and oxygen atoms in total. The van der Waals surface area contributed by atoms with E-state index < -0.39 is 10.0 Å². The molecule has 1 N–H and O–H groups in total. The molecule has 160 valence electrons. The highest BCUT2D eigenvalue weighted by Crippen LogP contribution is 2.55. The lowest BCUT2D eigenvalue weighted by Crippen LogP contribution is -2.41. The summed E-state index contributed by atoms with van der Waals surface area (Å²) in [7, 11) is 0.781. The molecule has 4 atom stereocenters. The first-order chi connectivity index (χ1) is 13.8. The van der Waals surface area contributed by atoms with Crippen LogP contribution < -0.4 is 14.5 Å². The van der Waals surface area contributed by atoms with Crippen molar-refractivity contribution in [2.45, 2.75) is 50.2 Å². The van der Waals surface area contributed by atoms with Crippen molar-refractivity contribution in [3.63, 3.8) is 0 Å². The molecular formula is C20H31N5O3S. The Kier molecular flexibility index (Phi) is 4.56. The first kappa shape index (κ1) is 19.5. The fourth-order valence-electron chi connectivity index (χ4n) is 5.90. The van der Waals surface area contributed by atoms with Crippen LogP contribution in [0.2, 0.25) is 0 Å². The zero-order valence-electron chi connectivity index (χ0n) is 17.5. The lowest BCUT2D eigenvalue weighted by Gasteiger charge is -2.29. The summed E-state index contributed by atoms with van der Waals surface area (Å²) in [6, 6.07) is 0. The minimum atomic E-state index is -3.20. The van der Waals surface area contributed by atoms with Crippen molar-refractivity contribution in [2.24, 2.45) is 11.8 Å². The van der Waals surface area contributed by atoms with Crippen molar-refractivity contribution in [3.05, 3.63) is 11.3 Å². The summed E-state index contributed by atoms with van der Waals surface area (Å²) in [5, 5.41) is 0. The Bertz CT molecular complexity index is 921. The van der Waals surface area contributed by atoms with Crippen LogP contribution in [0.15, 0.2) is 0 Å². The lowest BCUT2D eigenvalue weighted by atomic mass is 9.74. The predicted molar refractivity (Wildman–Crippen MR) is 112 cm³/mol. The van der Waals surface area contributed by atoms with E-state index in [1.165, 1.54) is 30.4 Å². The summed E-state index contributed by atoms with van der Waals surface area (Å²) >= 11 is 0. The van der Waals surface area contributed by atoms with Crippen molar-refractivity contribution >= 4 is 21.8 Å². The van der Waals surface area contributed by atoms with Gasteiger partial charge in [-0.2, -0.15) is 4.98 Å². The minimum Gasteiger partial charge on any atom is -0.369 e. The van der Waals surface area contributed by atoms with Gasteiger partial charge in [-0.25, -0.2) is 18.1 Å². The molecule has 0 saturated carbocycles. The van der Waals surface area contributed by atoms with Crippen LogP contribution in [0.1, 0.15) is 36.9 Å². The quantitative estimate of drug-likeness (QED) is 0.757. The molecule has 0 radical (unpaired) electrons. The Labute approximate surface area is 173 Å². The van der Waals surface area contributed by atoms with Gasteiger partial charge in [0, 0.05) is 51.1 Å². The van der Waals surface area contributed by atoms with E-state index in [1.807, 2.05) is 19.0 Å². The third-order valence-corrected chi connectivity index (χ3v) is 7.91.